The molecule has 0 aliphatic heterocycles. The van der Waals surface area contributed by atoms with Gasteiger partial charge in [-0.2, -0.15) is 5.10 Å². The van der Waals surface area contributed by atoms with Crippen LogP contribution in [0.15, 0.2) is 35.5 Å². The number of rotatable bonds is 6. The van der Waals surface area contributed by atoms with Crippen molar-refractivity contribution in [2.24, 2.45) is 0 Å². The molecular formula is C15H18N4O3S. The molecule has 0 spiro atoms. The highest BCUT2D eigenvalue weighted by Crippen LogP contribution is 2.32. The van der Waals surface area contributed by atoms with Crippen molar-refractivity contribution in [1.82, 2.24) is 15.1 Å². The van der Waals surface area contributed by atoms with Crippen LogP contribution in [0.5, 0.6) is 0 Å². The first kappa shape index (κ1) is 16.9. The standard InChI is InChI=1S/C15H18N4O3S/c1-19(2)14(20)5-6-23-13-7-10(11-8-16-17-9-11)3-4-12(13)18-15(21)22/h3-4,7-9,18H,5-6H2,1-2H3,(H,16,17)(H,21,22). The summed E-state index contributed by atoms with van der Waals surface area (Å²) < 4.78 is 0. The maximum Gasteiger partial charge on any atom is 0.409 e. The number of hydrogen-bond donors (Lipinski definition) is 3. The minimum absolute atomic E-state index is 0.0382. The van der Waals surface area contributed by atoms with Gasteiger partial charge in [0.05, 0.1) is 11.9 Å². The highest BCUT2D eigenvalue weighted by Gasteiger charge is 2.11. The summed E-state index contributed by atoms with van der Waals surface area (Å²) in [4.78, 5) is 24.9. The van der Waals surface area contributed by atoms with Crippen molar-refractivity contribution in [3.8, 4) is 11.1 Å². The number of benzene rings is 1. The molecule has 7 nitrogen and oxygen atoms in total. The Morgan fingerprint density at radius 3 is 2.74 bits per heavy atom. The van der Waals surface area contributed by atoms with Gasteiger partial charge in [-0.3, -0.25) is 15.2 Å². The second kappa shape index (κ2) is 7.68. The van der Waals surface area contributed by atoms with E-state index in [1.54, 1.807) is 37.5 Å². The third kappa shape index (κ3) is 4.75. The number of H-pyrrole nitrogens is 1. The fraction of sp³-hybridized carbons (Fsp3) is 0.267. The van der Waals surface area contributed by atoms with Crippen LogP contribution >= 0.6 is 11.8 Å². The Balaban J connectivity index is 2.17. The average Bonchev–Trinajstić information content (AvgIpc) is 3.02. The van der Waals surface area contributed by atoms with Crippen molar-refractivity contribution in [2.45, 2.75) is 11.3 Å². The summed E-state index contributed by atoms with van der Waals surface area (Å²) >= 11 is 1.44. The smallest absolute Gasteiger partial charge is 0.409 e. The molecule has 0 radical (unpaired) electrons. The lowest BCUT2D eigenvalue weighted by molar-refractivity contribution is -0.128. The summed E-state index contributed by atoms with van der Waals surface area (Å²) in [6.45, 7) is 0. The molecule has 122 valence electrons. The third-order valence-electron chi connectivity index (χ3n) is 3.13. The number of nitrogens with zero attached hydrogens (tertiary/aromatic N) is 2. The zero-order valence-electron chi connectivity index (χ0n) is 12.9. The van der Waals surface area contributed by atoms with Crippen LogP contribution in [0, 0.1) is 0 Å². The number of carboxylic acid groups (broad SMARTS) is 1. The number of anilines is 1. The van der Waals surface area contributed by atoms with Crippen LogP contribution in [0.2, 0.25) is 0 Å². The molecular weight excluding hydrogens is 316 g/mol. The van der Waals surface area contributed by atoms with Crippen molar-refractivity contribution in [3.05, 3.63) is 30.6 Å². The minimum atomic E-state index is -1.12. The van der Waals surface area contributed by atoms with Gasteiger partial charge in [-0.05, 0) is 17.7 Å². The SMILES string of the molecule is CN(C)C(=O)CCSc1cc(-c2cn[nH]c2)ccc1NC(=O)O. The van der Waals surface area contributed by atoms with Gasteiger partial charge in [0.25, 0.3) is 0 Å². The molecule has 1 aromatic heterocycles. The average molecular weight is 334 g/mol. The molecule has 1 aromatic carbocycles. The highest BCUT2D eigenvalue weighted by atomic mass is 32.2. The highest BCUT2D eigenvalue weighted by molar-refractivity contribution is 7.99. The molecule has 0 aliphatic carbocycles. The molecule has 8 heteroatoms. The summed E-state index contributed by atoms with van der Waals surface area (Å²) in [5.74, 6) is 0.608. The fourth-order valence-electron chi connectivity index (χ4n) is 1.92. The van der Waals surface area contributed by atoms with E-state index in [-0.39, 0.29) is 5.91 Å². The Bertz CT molecular complexity index is 686. The van der Waals surface area contributed by atoms with Crippen LogP contribution in [-0.2, 0) is 4.79 Å². The number of aromatic nitrogens is 2. The van der Waals surface area contributed by atoms with E-state index in [0.29, 0.717) is 17.9 Å². The molecule has 0 bridgehead atoms. The van der Waals surface area contributed by atoms with E-state index in [0.717, 1.165) is 16.0 Å². The largest absolute Gasteiger partial charge is 0.465 e. The van der Waals surface area contributed by atoms with Gasteiger partial charge in [-0.1, -0.05) is 6.07 Å². The number of aromatic amines is 1. The molecule has 2 amide bonds. The van der Waals surface area contributed by atoms with Gasteiger partial charge in [0, 0.05) is 42.9 Å². The van der Waals surface area contributed by atoms with E-state index in [1.807, 2.05) is 12.1 Å². The van der Waals surface area contributed by atoms with Gasteiger partial charge in [0.1, 0.15) is 0 Å². The molecule has 0 saturated heterocycles. The molecule has 2 aromatic rings. The molecule has 0 fully saturated rings. The van der Waals surface area contributed by atoms with E-state index >= 15 is 0 Å². The first-order valence-corrected chi connectivity index (χ1v) is 7.92. The van der Waals surface area contributed by atoms with Gasteiger partial charge in [0.15, 0.2) is 0 Å². The topological polar surface area (TPSA) is 98.3 Å². The first-order valence-electron chi connectivity index (χ1n) is 6.93. The van der Waals surface area contributed by atoms with Crippen molar-refractivity contribution in [3.63, 3.8) is 0 Å². The van der Waals surface area contributed by atoms with E-state index in [1.165, 1.54) is 11.8 Å². The lowest BCUT2D eigenvalue weighted by Gasteiger charge is -2.12. The van der Waals surface area contributed by atoms with Crippen LogP contribution in [0.1, 0.15) is 6.42 Å². The molecule has 0 aliphatic rings. The number of carbonyl (C=O) groups is 2. The van der Waals surface area contributed by atoms with E-state index in [2.05, 4.69) is 15.5 Å². The summed E-state index contributed by atoms with van der Waals surface area (Å²) in [6, 6.07) is 5.43. The number of nitrogens with one attached hydrogen (secondary N) is 2. The fourth-order valence-corrected chi connectivity index (χ4v) is 2.90. The number of carbonyl (C=O) groups excluding carboxylic acids is 1. The van der Waals surface area contributed by atoms with E-state index in [9.17, 15) is 9.59 Å². The zero-order valence-corrected chi connectivity index (χ0v) is 13.7. The third-order valence-corrected chi connectivity index (χ3v) is 4.18. The number of amides is 2. The lowest BCUT2D eigenvalue weighted by atomic mass is 10.1. The summed E-state index contributed by atoms with van der Waals surface area (Å²) in [6.07, 6.45) is 2.74. The van der Waals surface area contributed by atoms with Gasteiger partial charge in [0.2, 0.25) is 5.91 Å². The van der Waals surface area contributed by atoms with Crippen LogP contribution in [0.3, 0.4) is 0 Å². The van der Waals surface area contributed by atoms with Crippen LogP contribution in [0.4, 0.5) is 10.5 Å². The molecule has 1 heterocycles. The number of hydrogen-bond acceptors (Lipinski definition) is 4. The molecule has 23 heavy (non-hydrogen) atoms. The van der Waals surface area contributed by atoms with Crippen LogP contribution in [-0.4, -0.2) is 52.1 Å². The Kier molecular flexibility index (Phi) is 5.64. The zero-order chi connectivity index (χ0) is 16.8. The van der Waals surface area contributed by atoms with Crippen molar-refractivity contribution in [2.75, 3.05) is 25.2 Å². The Hall–Kier alpha value is -2.48. The Labute approximate surface area is 138 Å². The summed E-state index contributed by atoms with van der Waals surface area (Å²) in [5.41, 5.74) is 2.35. The van der Waals surface area contributed by atoms with Crippen LogP contribution in [0.25, 0.3) is 11.1 Å². The predicted octanol–water partition coefficient (Wildman–Crippen LogP) is 2.74. The molecule has 2 rings (SSSR count). The first-order chi connectivity index (χ1) is 11.0. The molecule has 0 saturated carbocycles. The summed E-state index contributed by atoms with van der Waals surface area (Å²) in [7, 11) is 3.42. The van der Waals surface area contributed by atoms with Crippen LogP contribution < -0.4 is 5.32 Å². The minimum Gasteiger partial charge on any atom is -0.465 e. The lowest BCUT2D eigenvalue weighted by Crippen LogP contribution is -2.21. The second-order valence-corrected chi connectivity index (χ2v) is 6.15. The molecule has 0 atom stereocenters. The second-order valence-electron chi connectivity index (χ2n) is 5.01. The van der Waals surface area contributed by atoms with Gasteiger partial charge < -0.3 is 10.0 Å². The Morgan fingerprint density at radius 2 is 2.13 bits per heavy atom. The maximum absolute atomic E-state index is 11.6. The van der Waals surface area contributed by atoms with Crippen molar-refractivity contribution >= 4 is 29.4 Å². The maximum atomic E-state index is 11.6. The van der Waals surface area contributed by atoms with Gasteiger partial charge in [-0.15, -0.1) is 11.8 Å². The monoisotopic (exact) mass is 334 g/mol. The number of thioether (sulfide) groups is 1. The van der Waals surface area contributed by atoms with Crippen molar-refractivity contribution < 1.29 is 14.7 Å². The van der Waals surface area contributed by atoms with E-state index < -0.39 is 6.09 Å². The van der Waals surface area contributed by atoms with Gasteiger partial charge >= 0.3 is 6.09 Å². The Morgan fingerprint density at radius 1 is 1.35 bits per heavy atom. The predicted molar refractivity (Wildman–Crippen MR) is 89.7 cm³/mol. The van der Waals surface area contributed by atoms with Crippen molar-refractivity contribution in [1.29, 1.82) is 0 Å². The van der Waals surface area contributed by atoms with E-state index in [4.69, 9.17) is 5.11 Å². The van der Waals surface area contributed by atoms with Gasteiger partial charge in [-0.25, -0.2) is 4.79 Å². The molecule has 0 unspecified atom stereocenters. The molecule has 3 N–H and O–H groups in total. The summed E-state index contributed by atoms with van der Waals surface area (Å²) in [5, 5.41) is 18.0. The normalized spacial score (nSPS) is 10.3. The quantitative estimate of drug-likeness (QED) is 0.706.